The minimum absolute atomic E-state index is 0.354. The van der Waals surface area contributed by atoms with E-state index in [0.29, 0.717) is 10.8 Å². The molecule has 2 rings (SSSR count). The zero-order valence-electron chi connectivity index (χ0n) is 15.1. The second kappa shape index (κ2) is 8.83. The van der Waals surface area contributed by atoms with Crippen LogP contribution in [0, 0.1) is 0 Å². The van der Waals surface area contributed by atoms with Crippen molar-refractivity contribution in [2.75, 3.05) is 21.6 Å². The third kappa shape index (κ3) is 5.18. The first-order valence-electron chi connectivity index (χ1n) is 8.11. The third-order valence-corrected chi connectivity index (χ3v) is 6.69. The highest BCUT2D eigenvalue weighted by Gasteiger charge is 2.29. The molecule has 1 N–H and O–H groups in total. The zero-order valence-corrected chi connectivity index (χ0v) is 17.5. The van der Waals surface area contributed by atoms with E-state index < -0.39 is 22.0 Å². The summed E-state index contributed by atoms with van der Waals surface area (Å²) in [5.41, 5.74) is 1.54. The van der Waals surface area contributed by atoms with Crippen LogP contribution in [0.15, 0.2) is 28.6 Å². The number of amides is 1. The topological polar surface area (TPSA) is 92.3 Å². The molecule has 1 amide bonds. The van der Waals surface area contributed by atoms with Crippen molar-refractivity contribution in [3.05, 3.63) is 29.8 Å². The first-order chi connectivity index (χ1) is 12.3. The fourth-order valence-electron chi connectivity index (χ4n) is 2.34. The molecule has 1 aromatic heterocycles. The molecule has 2 aromatic rings. The molecular formula is C16H22N4O3S3. The molecule has 0 aliphatic carbocycles. The summed E-state index contributed by atoms with van der Waals surface area (Å²) in [6.45, 7) is 5.57. The van der Waals surface area contributed by atoms with Gasteiger partial charge in [0.2, 0.25) is 21.1 Å². The van der Waals surface area contributed by atoms with Crippen molar-refractivity contribution in [2.24, 2.45) is 0 Å². The van der Waals surface area contributed by atoms with Crippen LogP contribution in [0.5, 0.6) is 0 Å². The van der Waals surface area contributed by atoms with Crippen LogP contribution in [0.3, 0.4) is 0 Å². The smallest absolute Gasteiger partial charge is 0.249 e. The quantitative estimate of drug-likeness (QED) is 0.527. The number of hydrogen-bond acceptors (Lipinski definition) is 7. The standard InChI is InChI=1S/C16H22N4O3S3/c1-5-12-7-9-13(10-8-12)20(26(4,22)23)11(3)14(21)17-15-18-19-16(25-15)24-6-2/h7-11H,5-6H2,1-4H3,(H,17,18,21)/t11-/m1/s1. The van der Waals surface area contributed by atoms with Crippen LogP contribution in [-0.4, -0.2) is 42.6 Å². The van der Waals surface area contributed by atoms with Gasteiger partial charge in [0.25, 0.3) is 0 Å². The molecule has 0 bridgehead atoms. The summed E-state index contributed by atoms with van der Waals surface area (Å²) in [5, 5.41) is 10.9. The molecule has 1 heterocycles. The number of anilines is 2. The first-order valence-corrected chi connectivity index (χ1v) is 11.8. The molecule has 26 heavy (non-hydrogen) atoms. The number of thioether (sulfide) groups is 1. The second-order valence-electron chi connectivity index (χ2n) is 5.55. The summed E-state index contributed by atoms with van der Waals surface area (Å²) in [5.74, 6) is 0.397. The van der Waals surface area contributed by atoms with Crippen LogP contribution >= 0.6 is 23.1 Å². The molecule has 0 saturated heterocycles. The summed E-state index contributed by atoms with van der Waals surface area (Å²) in [7, 11) is -3.64. The maximum absolute atomic E-state index is 12.6. The Kier molecular flexibility index (Phi) is 7.01. The van der Waals surface area contributed by atoms with E-state index in [0.717, 1.165) is 32.6 Å². The van der Waals surface area contributed by atoms with Gasteiger partial charge in [0, 0.05) is 0 Å². The fraction of sp³-hybridized carbons (Fsp3) is 0.438. The Bertz CT molecular complexity index is 850. The minimum Gasteiger partial charge on any atom is -0.299 e. The normalized spacial score (nSPS) is 12.6. The van der Waals surface area contributed by atoms with Crippen LogP contribution < -0.4 is 9.62 Å². The van der Waals surface area contributed by atoms with Crippen molar-refractivity contribution in [2.45, 2.75) is 37.6 Å². The van der Waals surface area contributed by atoms with Crippen molar-refractivity contribution in [3.63, 3.8) is 0 Å². The van der Waals surface area contributed by atoms with Gasteiger partial charge in [-0.1, -0.05) is 49.1 Å². The number of benzene rings is 1. The predicted molar refractivity (Wildman–Crippen MR) is 108 cm³/mol. The largest absolute Gasteiger partial charge is 0.299 e. The van der Waals surface area contributed by atoms with Gasteiger partial charge >= 0.3 is 0 Å². The SMILES string of the molecule is CCSc1nnc(NC(=O)[C@@H](C)N(c2ccc(CC)cc2)S(C)(=O)=O)s1. The molecule has 0 aliphatic rings. The van der Waals surface area contributed by atoms with Crippen molar-refractivity contribution >= 4 is 49.8 Å². The van der Waals surface area contributed by atoms with Gasteiger partial charge in [-0.05, 0) is 36.8 Å². The van der Waals surface area contributed by atoms with Gasteiger partial charge in [-0.15, -0.1) is 10.2 Å². The molecular weight excluding hydrogens is 392 g/mol. The number of nitrogens with zero attached hydrogens (tertiary/aromatic N) is 3. The number of hydrogen-bond donors (Lipinski definition) is 1. The summed E-state index contributed by atoms with van der Waals surface area (Å²) < 4.78 is 26.5. The average Bonchev–Trinajstić information content (AvgIpc) is 3.01. The number of rotatable bonds is 8. The van der Waals surface area contributed by atoms with E-state index in [2.05, 4.69) is 15.5 Å². The number of carbonyl (C=O) groups is 1. The second-order valence-corrected chi connectivity index (χ2v) is 9.90. The summed E-state index contributed by atoms with van der Waals surface area (Å²) >= 11 is 2.79. The summed E-state index contributed by atoms with van der Waals surface area (Å²) in [6.07, 6.45) is 1.94. The Balaban J connectivity index is 2.22. The molecule has 0 aliphatic heterocycles. The van der Waals surface area contributed by atoms with Crippen molar-refractivity contribution in [1.29, 1.82) is 0 Å². The van der Waals surface area contributed by atoms with Crippen molar-refractivity contribution < 1.29 is 13.2 Å². The van der Waals surface area contributed by atoms with Crippen LogP contribution in [0.4, 0.5) is 10.8 Å². The van der Waals surface area contributed by atoms with E-state index in [1.807, 2.05) is 26.0 Å². The predicted octanol–water partition coefficient (Wildman–Crippen LogP) is 3.01. The van der Waals surface area contributed by atoms with Crippen LogP contribution in [0.25, 0.3) is 0 Å². The lowest BCUT2D eigenvalue weighted by Crippen LogP contribution is -2.45. The number of aryl methyl sites for hydroxylation is 1. The van der Waals surface area contributed by atoms with E-state index in [1.54, 1.807) is 19.1 Å². The van der Waals surface area contributed by atoms with Gasteiger partial charge in [0.05, 0.1) is 11.9 Å². The Hall–Kier alpha value is -1.65. The van der Waals surface area contributed by atoms with Gasteiger partial charge < -0.3 is 0 Å². The Morgan fingerprint density at radius 1 is 1.27 bits per heavy atom. The molecule has 7 nitrogen and oxygen atoms in total. The van der Waals surface area contributed by atoms with Crippen LogP contribution in [0.1, 0.15) is 26.3 Å². The van der Waals surface area contributed by atoms with Crippen LogP contribution in [-0.2, 0) is 21.2 Å². The average molecular weight is 415 g/mol. The van der Waals surface area contributed by atoms with E-state index in [-0.39, 0.29) is 0 Å². The number of carbonyl (C=O) groups excluding carboxylic acids is 1. The number of sulfonamides is 1. The highest BCUT2D eigenvalue weighted by atomic mass is 32.2. The maximum atomic E-state index is 12.6. The van der Waals surface area contributed by atoms with Gasteiger partial charge in [-0.25, -0.2) is 8.42 Å². The summed E-state index contributed by atoms with van der Waals surface area (Å²) in [4.78, 5) is 12.6. The Labute approximate surface area is 162 Å². The molecule has 0 spiro atoms. The molecule has 1 aromatic carbocycles. The highest BCUT2D eigenvalue weighted by Crippen LogP contribution is 2.26. The Morgan fingerprint density at radius 3 is 2.46 bits per heavy atom. The van der Waals surface area contributed by atoms with Gasteiger partial charge in [-0.2, -0.15) is 0 Å². The molecule has 0 unspecified atom stereocenters. The monoisotopic (exact) mass is 414 g/mol. The fourth-order valence-corrected chi connectivity index (χ4v) is 5.17. The lowest BCUT2D eigenvalue weighted by molar-refractivity contribution is -0.116. The highest BCUT2D eigenvalue weighted by molar-refractivity contribution is 8.01. The lowest BCUT2D eigenvalue weighted by Gasteiger charge is -2.28. The lowest BCUT2D eigenvalue weighted by atomic mass is 10.1. The molecule has 1 atom stereocenters. The Morgan fingerprint density at radius 2 is 1.92 bits per heavy atom. The zero-order chi connectivity index (χ0) is 19.3. The third-order valence-electron chi connectivity index (χ3n) is 3.59. The molecule has 0 saturated carbocycles. The number of aromatic nitrogens is 2. The summed E-state index contributed by atoms with van der Waals surface area (Å²) in [6, 6.07) is 6.22. The maximum Gasteiger partial charge on any atom is 0.249 e. The van der Waals surface area contributed by atoms with Gasteiger partial charge in [0.1, 0.15) is 6.04 Å². The van der Waals surface area contributed by atoms with Crippen molar-refractivity contribution in [1.82, 2.24) is 10.2 Å². The number of nitrogens with one attached hydrogen (secondary N) is 1. The molecule has 0 radical (unpaired) electrons. The van der Waals surface area contributed by atoms with E-state index in [9.17, 15) is 13.2 Å². The van der Waals surface area contributed by atoms with Gasteiger partial charge in [-0.3, -0.25) is 14.4 Å². The van der Waals surface area contributed by atoms with Gasteiger partial charge in [0.15, 0.2) is 4.34 Å². The first kappa shape index (κ1) is 20.7. The van der Waals surface area contributed by atoms with Crippen LogP contribution in [0.2, 0.25) is 0 Å². The van der Waals surface area contributed by atoms with E-state index in [4.69, 9.17) is 0 Å². The van der Waals surface area contributed by atoms with Crippen molar-refractivity contribution in [3.8, 4) is 0 Å². The van der Waals surface area contributed by atoms with E-state index >= 15 is 0 Å². The van der Waals surface area contributed by atoms with E-state index in [1.165, 1.54) is 23.1 Å². The molecule has 142 valence electrons. The molecule has 0 fully saturated rings. The minimum atomic E-state index is -3.64. The molecule has 10 heteroatoms.